The molecule has 3 rings (SSSR count). The van der Waals surface area contributed by atoms with E-state index in [1.807, 2.05) is 49.4 Å². The minimum atomic E-state index is -0.259. The van der Waals surface area contributed by atoms with Gasteiger partial charge in [0, 0.05) is 11.3 Å². The van der Waals surface area contributed by atoms with Crippen LogP contribution in [0.2, 0.25) is 0 Å². The molecule has 0 radical (unpaired) electrons. The third-order valence-corrected chi connectivity index (χ3v) is 3.53. The quantitative estimate of drug-likeness (QED) is 0.746. The summed E-state index contributed by atoms with van der Waals surface area (Å²) in [7, 11) is 0. The molecule has 0 spiro atoms. The van der Waals surface area contributed by atoms with Crippen molar-refractivity contribution in [3.05, 3.63) is 59.7 Å². The fraction of sp³-hybridized carbons (Fsp3) is 0.176. The first kappa shape index (κ1) is 15.8. The summed E-state index contributed by atoms with van der Waals surface area (Å²) in [6.07, 6.45) is 0. The lowest BCUT2D eigenvalue weighted by atomic mass is 10.1. The zero-order chi connectivity index (χ0) is 16.9. The van der Waals surface area contributed by atoms with Crippen molar-refractivity contribution in [2.45, 2.75) is 20.1 Å². The molecule has 1 aromatic heterocycles. The molecule has 3 aromatic rings. The molecule has 7 heteroatoms. The summed E-state index contributed by atoms with van der Waals surface area (Å²) < 4.78 is 0. The van der Waals surface area contributed by atoms with Crippen LogP contribution in [0.3, 0.4) is 0 Å². The van der Waals surface area contributed by atoms with E-state index in [2.05, 4.69) is 20.7 Å². The van der Waals surface area contributed by atoms with Crippen LogP contribution >= 0.6 is 0 Å². The van der Waals surface area contributed by atoms with E-state index in [1.54, 1.807) is 6.07 Å². The van der Waals surface area contributed by atoms with E-state index in [0.717, 1.165) is 16.7 Å². The highest BCUT2D eigenvalue weighted by Crippen LogP contribution is 2.17. The fourth-order valence-corrected chi connectivity index (χ4v) is 2.23. The Labute approximate surface area is 138 Å². The van der Waals surface area contributed by atoms with Gasteiger partial charge >= 0.3 is 0 Å². The zero-order valence-electron chi connectivity index (χ0n) is 13.2. The van der Waals surface area contributed by atoms with Crippen molar-refractivity contribution in [1.82, 2.24) is 20.2 Å². The van der Waals surface area contributed by atoms with Crippen LogP contribution < -0.4 is 5.32 Å². The standard InChI is InChI=1S/C17H17N5O2/c1-12-7-8-13(11-23)9-15(12)18-16(24)10-22-20-17(19-21-22)14-5-3-2-4-6-14/h2-9,23H,10-11H2,1H3,(H,18,24). The predicted molar refractivity (Wildman–Crippen MR) is 89.0 cm³/mol. The highest BCUT2D eigenvalue weighted by Gasteiger charge is 2.10. The first-order valence-electron chi connectivity index (χ1n) is 7.49. The SMILES string of the molecule is Cc1ccc(CO)cc1NC(=O)Cn1nnc(-c2ccccc2)n1. The number of hydrogen-bond acceptors (Lipinski definition) is 5. The average molecular weight is 323 g/mol. The summed E-state index contributed by atoms with van der Waals surface area (Å²) in [6.45, 7) is 1.77. The maximum absolute atomic E-state index is 12.2. The Hall–Kier alpha value is -3.06. The monoisotopic (exact) mass is 323 g/mol. The number of aliphatic hydroxyl groups excluding tert-OH is 1. The van der Waals surface area contributed by atoms with E-state index >= 15 is 0 Å². The molecule has 0 saturated carbocycles. The Balaban J connectivity index is 1.69. The third-order valence-electron chi connectivity index (χ3n) is 3.53. The van der Waals surface area contributed by atoms with Gasteiger partial charge in [-0.15, -0.1) is 10.2 Å². The van der Waals surface area contributed by atoms with Crippen molar-refractivity contribution in [3.63, 3.8) is 0 Å². The van der Waals surface area contributed by atoms with Crippen LogP contribution in [0.4, 0.5) is 5.69 Å². The minimum Gasteiger partial charge on any atom is -0.392 e. The van der Waals surface area contributed by atoms with Crippen molar-refractivity contribution >= 4 is 11.6 Å². The molecule has 0 fully saturated rings. The van der Waals surface area contributed by atoms with Crippen molar-refractivity contribution < 1.29 is 9.90 Å². The van der Waals surface area contributed by atoms with Gasteiger partial charge in [0.25, 0.3) is 0 Å². The third kappa shape index (κ3) is 3.64. The molecule has 1 amide bonds. The molecule has 0 saturated heterocycles. The van der Waals surface area contributed by atoms with Gasteiger partial charge in [0.1, 0.15) is 6.54 Å². The second kappa shape index (κ2) is 7.01. The second-order valence-corrected chi connectivity index (χ2v) is 5.37. The topological polar surface area (TPSA) is 92.9 Å². The van der Waals surface area contributed by atoms with E-state index < -0.39 is 0 Å². The number of carbonyl (C=O) groups excluding carboxylic acids is 1. The number of aromatic nitrogens is 4. The molecular formula is C17H17N5O2. The molecule has 2 aromatic carbocycles. The molecular weight excluding hydrogens is 306 g/mol. The highest BCUT2D eigenvalue weighted by molar-refractivity contribution is 5.91. The van der Waals surface area contributed by atoms with Crippen LogP contribution in [-0.4, -0.2) is 31.2 Å². The molecule has 24 heavy (non-hydrogen) atoms. The van der Waals surface area contributed by atoms with E-state index in [0.29, 0.717) is 11.5 Å². The number of nitrogens with zero attached hydrogens (tertiary/aromatic N) is 4. The number of aliphatic hydroxyl groups is 1. The van der Waals surface area contributed by atoms with Gasteiger partial charge in [-0.05, 0) is 29.3 Å². The van der Waals surface area contributed by atoms with Gasteiger partial charge < -0.3 is 10.4 Å². The largest absolute Gasteiger partial charge is 0.392 e. The molecule has 0 aliphatic rings. The molecule has 2 N–H and O–H groups in total. The number of tetrazole rings is 1. The van der Waals surface area contributed by atoms with Crippen molar-refractivity contribution in [2.75, 3.05) is 5.32 Å². The summed E-state index contributed by atoms with van der Waals surface area (Å²) in [4.78, 5) is 13.4. The summed E-state index contributed by atoms with van der Waals surface area (Å²) >= 11 is 0. The summed E-state index contributed by atoms with van der Waals surface area (Å²) in [5, 5.41) is 24.1. The Bertz CT molecular complexity index is 845. The van der Waals surface area contributed by atoms with Crippen molar-refractivity contribution in [2.24, 2.45) is 0 Å². The number of nitrogens with one attached hydrogen (secondary N) is 1. The van der Waals surface area contributed by atoms with E-state index in [1.165, 1.54) is 4.80 Å². The number of hydrogen-bond donors (Lipinski definition) is 2. The Morgan fingerprint density at radius 1 is 1.21 bits per heavy atom. The van der Waals surface area contributed by atoms with Crippen LogP contribution in [-0.2, 0) is 17.9 Å². The lowest BCUT2D eigenvalue weighted by Gasteiger charge is -2.09. The van der Waals surface area contributed by atoms with Crippen molar-refractivity contribution in [1.29, 1.82) is 0 Å². The van der Waals surface area contributed by atoms with Gasteiger partial charge in [-0.1, -0.05) is 42.5 Å². The van der Waals surface area contributed by atoms with Gasteiger partial charge in [-0.3, -0.25) is 4.79 Å². The molecule has 122 valence electrons. The van der Waals surface area contributed by atoms with E-state index in [9.17, 15) is 9.90 Å². The number of amides is 1. The van der Waals surface area contributed by atoms with Crippen LogP contribution in [0.15, 0.2) is 48.5 Å². The van der Waals surface area contributed by atoms with Gasteiger partial charge in [-0.2, -0.15) is 4.80 Å². The zero-order valence-corrected chi connectivity index (χ0v) is 13.2. The number of rotatable bonds is 5. The lowest BCUT2D eigenvalue weighted by molar-refractivity contribution is -0.117. The minimum absolute atomic E-state index is 0.0391. The number of carbonyl (C=O) groups is 1. The normalized spacial score (nSPS) is 10.6. The molecule has 7 nitrogen and oxygen atoms in total. The van der Waals surface area contributed by atoms with Gasteiger partial charge in [-0.25, -0.2) is 0 Å². The lowest BCUT2D eigenvalue weighted by Crippen LogP contribution is -2.21. The first-order valence-corrected chi connectivity index (χ1v) is 7.49. The highest BCUT2D eigenvalue weighted by atomic mass is 16.3. The number of aryl methyl sites for hydroxylation is 1. The van der Waals surface area contributed by atoms with E-state index in [4.69, 9.17) is 0 Å². The summed E-state index contributed by atoms with van der Waals surface area (Å²) in [6, 6.07) is 14.9. The van der Waals surface area contributed by atoms with E-state index in [-0.39, 0.29) is 19.1 Å². The molecule has 0 atom stereocenters. The van der Waals surface area contributed by atoms with Crippen LogP contribution in [0.25, 0.3) is 11.4 Å². The Morgan fingerprint density at radius 2 is 2.00 bits per heavy atom. The van der Waals surface area contributed by atoms with Crippen LogP contribution in [0.5, 0.6) is 0 Å². The smallest absolute Gasteiger partial charge is 0.248 e. The second-order valence-electron chi connectivity index (χ2n) is 5.37. The number of benzene rings is 2. The van der Waals surface area contributed by atoms with Gasteiger partial charge in [0.15, 0.2) is 0 Å². The predicted octanol–water partition coefficient (Wildman–Crippen LogP) is 1.78. The molecule has 0 unspecified atom stereocenters. The average Bonchev–Trinajstić information content (AvgIpc) is 3.06. The fourth-order valence-electron chi connectivity index (χ4n) is 2.23. The van der Waals surface area contributed by atoms with Gasteiger partial charge in [0.2, 0.25) is 11.7 Å². The number of anilines is 1. The molecule has 0 bridgehead atoms. The van der Waals surface area contributed by atoms with Gasteiger partial charge in [0.05, 0.1) is 6.61 Å². The summed E-state index contributed by atoms with van der Waals surface area (Å²) in [5.74, 6) is 0.215. The van der Waals surface area contributed by atoms with Crippen LogP contribution in [0.1, 0.15) is 11.1 Å². The summed E-state index contributed by atoms with van der Waals surface area (Å²) in [5.41, 5.74) is 3.16. The van der Waals surface area contributed by atoms with Crippen LogP contribution in [0, 0.1) is 6.92 Å². The molecule has 0 aliphatic heterocycles. The maximum Gasteiger partial charge on any atom is 0.248 e. The van der Waals surface area contributed by atoms with Crippen molar-refractivity contribution in [3.8, 4) is 11.4 Å². The Morgan fingerprint density at radius 3 is 2.75 bits per heavy atom. The molecule has 0 aliphatic carbocycles. The maximum atomic E-state index is 12.2. The Kier molecular flexibility index (Phi) is 4.62. The molecule has 1 heterocycles. The first-order chi connectivity index (χ1) is 11.7.